The lowest BCUT2D eigenvalue weighted by atomic mass is 10.1. The first-order chi connectivity index (χ1) is 12.8. The van der Waals surface area contributed by atoms with E-state index < -0.39 is 0 Å². The number of carbonyl (C=O) groups is 1. The maximum absolute atomic E-state index is 13.2. The third-order valence-electron chi connectivity index (χ3n) is 4.70. The van der Waals surface area contributed by atoms with Gasteiger partial charge in [-0.1, -0.05) is 12.1 Å². The third kappa shape index (κ3) is 4.19. The number of hydrogen-bond donors (Lipinski definition) is 2. The summed E-state index contributed by atoms with van der Waals surface area (Å²) in [5.74, 6) is -0.258. The number of amides is 2. The molecule has 0 radical (unpaired) electrons. The predicted octanol–water partition coefficient (Wildman–Crippen LogP) is 5.17. The van der Waals surface area contributed by atoms with Crippen LogP contribution in [0.3, 0.4) is 0 Å². The van der Waals surface area contributed by atoms with Crippen LogP contribution in [0.1, 0.15) is 28.1 Å². The van der Waals surface area contributed by atoms with Crippen LogP contribution in [0.15, 0.2) is 48.5 Å². The van der Waals surface area contributed by atoms with Crippen molar-refractivity contribution in [1.29, 1.82) is 0 Å². The van der Waals surface area contributed by atoms with Gasteiger partial charge in [-0.2, -0.15) is 0 Å². The summed E-state index contributed by atoms with van der Waals surface area (Å²) in [6.07, 6.45) is 0. The number of anilines is 1. The van der Waals surface area contributed by atoms with Crippen molar-refractivity contribution in [2.45, 2.75) is 34.2 Å². The second-order valence-electron chi connectivity index (χ2n) is 6.83. The highest BCUT2D eigenvalue weighted by Crippen LogP contribution is 2.21. The molecule has 0 spiro atoms. The first-order valence-corrected chi connectivity index (χ1v) is 8.91. The fraction of sp³-hybridized carbons (Fsp3) is 0.227. The van der Waals surface area contributed by atoms with Gasteiger partial charge in [-0.3, -0.25) is 0 Å². The van der Waals surface area contributed by atoms with Crippen LogP contribution in [-0.4, -0.2) is 10.6 Å². The fourth-order valence-corrected chi connectivity index (χ4v) is 3.21. The van der Waals surface area contributed by atoms with Crippen molar-refractivity contribution in [3.63, 3.8) is 0 Å². The molecule has 0 bridgehead atoms. The zero-order valence-corrected chi connectivity index (χ0v) is 16.1. The van der Waals surface area contributed by atoms with Gasteiger partial charge in [0.05, 0.1) is 0 Å². The van der Waals surface area contributed by atoms with Crippen molar-refractivity contribution in [2.24, 2.45) is 0 Å². The maximum Gasteiger partial charge on any atom is 0.319 e. The molecule has 0 atom stereocenters. The molecular formula is C22H24FN3O. The largest absolute Gasteiger partial charge is 0.334 e. The van der Waals surface area contributed by atoms with Gasteiger partial charge in [0, 0.05) is 29.3 Å². The third-order valence-corrected chi connectivity index (χ3v) is 4.70. The van der Waals surface area contributed by atoms with E-state index in [1.807, 2.05) is 52.0 Å². The summed E-state index contributed by atoms with van der Waals surface area (Å²) in [7, 11) is 0. The topological polar surface area (TPSA) is 46.1 Å². The Morgan fingerprint density at radius 1 is 1.00 bits per heavy atom. The van der Waals surface area contributed by atoms with Crippen molar-refractivity contribution < 1.29 is 9.18 Å². The van der Waals surface area contributed by atoms with Gasteiger partial charge in [-0.15, -0.1) is 0 Å². The molecule has 27 heavy (non-hydrogen) atoms. The summed E-state index contributed by atoms with van der Waals surface area (Å²) in [6, 6.07) is 14.2. The molecule has 2 N–H and O–H groups in total. The lowest BCUT2D eigenvalue weighted by molar-refractivity contribution is 0.251. The average molecular weight is 365 g/mol. The number of nitrogens with one attached hydrogen (secondary N) is 2. The highest BCUT2D eigenvalue weighted by atomic mass is 19.1. The van der Waals surface area contributed by atoms with E-state index in [9.17, 15) is 9.18 Å². The molecule has 2 aromatic carbocycles. The van der Waals surface area contributed by atoms with Crippen LogP contribution in [-0.2, 0) is 6.54 Å². The molecule has 0 aliphatic rings. The van der Waals surface area contributed by atoms with E-state index in [4.69, 9.17) is 0 Å². The summed E-state index contributed by atoms with van der Waals surface area (Å²) in [5, 5.41) is 5.81. The first-order valence-electron chi connectivity index (χ1n) is 8.91. The first kappa shape index (κ1) is 18.7. The lowest BCUT2D eigenvalue weighted by Gasteiger charge is -2.12. The Labute approximate surface area is 159 Å². The van der Waals surface area contributed by atoms with Gasteiger partial charge in [-0.25, -0.2) is 9.18 Å². The van der Waals surface area contributed by atoms with Crippen molar-refractivity contribution in [2.75, 3.05) is 5.32 Å². The van der Waals surface area contributed by atoms with Crippen LogP contribution >= 0.6 is 0 Å². The van der Waals surface area contributed by atoms with Crippen LogP contribution in [0.25, 0.3) is 5.69 Å². The van der Waals surface area contributed by atoms with Crippen molar-refractivity contribution in [3.05, 3.63) is 82.4 Å². The van der Waals surface area contributed by atoms with E-state index in [1.54, 1.807) is 12.1 Å². The Hall–Kier alpha value is -3.08. The van der Waals surface area contributed by atoms with Crippen LogP contribution in [0.4, 0.5) is 14.9 Å². The number of nitrogens with zero attached hydrogens (tertiary/aromatic N) is 1. The summed E-state index contributed by atoms with van der Waals surface area (Å²) in [5.41, 5.74) is 6.90. The molecule has 5 heteroatoms. The van der Waals surface area contributed by atoms with E-state index in [0.717, 1.165) is 39.5 Å². The van der Waals surface area contributed by atoms with Gasteiger partial charge >= 0.3 is 6.03 Å². The minimum absolute atomic E-state index is 0.240. The summed E-state index contributed by atoms with van der Waals surface area (Å²) >= 11 is 0. The van der Waals surface area contributed by atoms with Gasteiger partial charge in [0.1, 0.15) is 5.82 Å². The number of hydrogen-bond acceptors (Lipinski definition) is 1. The second kappa shape index (κ2) is 7.66. The zero-order chi connectivity index (χ0) is 19.6. The molecule has 140 valence electrons. The Bertz CT molecular complexity index is 974. The maximum atomic E-state index is 13.2. The molecule has 0 saturated carbocycles. The Morgan fingerprint density at radius 2 is 1.70 bits per heavy atom. The fourth-order valence-electron chi connectivity index (χ4n) is 3.21. The molecule has 0 unspecified atom stereocenters. The van der Waals surface area contributed by atoms with Gasteiger partial charge < -0.3 is 15.2 Å². The van der Waals surface area contributed by atoms with Crippen LogP contribution in [0.5, 0.6) is 0 Å². The highest BCUT2D eigenvalue weighted by molar-refractivity contribution is 5.90. The summed E-state index contributed by atoms with van der Waals surface area (Å²) in [4.78, 5) is 12.3. The van der Waals surface area contributed by atoms with E-state index in [1.165, 1.54) is 12.1 Å². The normalized spacial score (nSPS) is 10.7. The molecule has 1 heterocycles. The zero-order valence-electron chi connectivity index (χ0n) is 16.1. The number of halogens is 1. The van der Waals surface area contributed by atoms with Crippen LogP contribution in [0.2, 0.25) is 0 Å². The second-order valence-corrected chi connectivity index (χ2v) is 6.83. The Morgan fingerprint density at radius 3 is 2.41 bits per heavy atom. The number of aryl methyl sites for hydroxylation is 3. The van der Waals surface area contributed by atoms with Crippen LogP contribution in [0, 0.1) is 33.5 Å². The van der Waals surface area contributed by atoms with Gasteiger partial charge in [0.15, 0.2) is 0 Å². The molecule has 2 amide bonds. The number of aromatic nitrogens is 1. The highest BCUT2D eigenvalue weighted by Gasteiger charge is 2.12. The number of urea groups is 1. The van der Waals surface area contributed by atoms with E-state index in [2.05, 4.69) is 15.2 Å². The van der Waals surface area contributed by atoms with E-state index in [0.29, 0.717) is 6.54 Å². The Kier molecular flexibility index (Phi) is 5.31. The Balaban J connectivity index is 1.71. The monoisotopic (exact) mass is 365 g/mol. The summed E-state index contributed by atoms with van der Waals surface area (Å²) < 4.78 is 15.2. The quantitative estimate of drug-likeness (QED) is 0.658. The molecule has 4 nitrogen and oxygen atoms in total. The van der Waals surface area contributed by atoms with Crippen molar-refractivity contribution >= 4 is 11.7 Å². The molecule has 0 saturated heterocycles. The molecule has 1 aromatic heterocycles. The van der Waals surface area contributed by atoms with E-state index >= 15 is 0 Å². The predicted molar refractivity (Wildman–Crippen MR) is 107 cm³/mol. The summed E-state index contributed by atoms with van der Waals surface area (Å²) in [6.45, 7) is 8.36. The van der Waals surface area contributed by atoms with Crippen LogP contribution < -0.4 is 10.6 Å². The number of benzene rings is 2. The smallest absolute Gasteiger partial charge is 0.319 e. The van der Waals surface area contributed by atoms with Gasteiger partial charge in [-0.05, 0) is 80.8 Å². The molecule has 0 aliphatic heterocycles. The SMILES string of the molecule is Cc1ccc(C)c(NC(=O)NCc2cc(C)n(-c3ccc(F)cc3)c2C)c1. The van der Waals surface area contributed by atoms with E-state index in [-0.39, 0.29) is 11.8 Å². The van der Waals surface area contributed by atoms with Crippen molar-refractivity contribution in [1.82, 2.24) is 9.88 Å². The van der Waals surface area contributed by atoms with Gasteiger partial charge in [0.2, 0.25) is 0 Å². The lowest BCUT2D eigenvalue weighted by Crippen LogP contribution is -2.28. The minimum atomic E-state index is -0.258. The number of carbonyl (C=O) groups excluding carboxylic acids is 1. The number of rotatable bonds is 4. The average Bonchev–Trinajstić information content (AvgIpc) is 2.91. The van der Waals surface area contributed by atoms with Gasteiger partial charge in [0.25, 0.3) is 0 Å². The molecule has 3 rings (SSSR count). The standard InChI is InChI=1S/C22H24FN3O/c1-14-5-6-15(2)21(11-14)25-22(27)24-13-18-12-16(3)26(17(18)4)20-9-7-19(23)8-10-20/h5-12H,13H2,1-4H3,(H2,24,25,27). The molecule has 0 aliphatic carbocycles. The molecule has 0 fully saturated rings. The minimum Gasteiger partial charge on any atom is -0.334 e. The molecule has 3 aromatic rings. The van der Waals surface area contributed by atoms with Crippen molar-refractivity contribution in [3.8, 4) is 5.69 Å². The molecular weight excluding hydrogens is 341 g/mol.